The standard InChI is InChI=1S/C15H21NO5/c1-20-12-4-3-10(14(8-12)21-2)9-16-6-5-11(17)7-13(16)15(18)19/h3-4,8,11,13,17H,5-7,9H2,1-2H3,(H,18,19)/t11-,13+/m1/s1. The van der Waals surface area contributed by atoms with Gasteiger partial charge in [-0.25, -0.2) is 0 Å². The van der Waals surface area contributed by atoms with E-state index in [0.29, 0.717) is 31.0 Å². The third-order valence-electron chi connectivity index (χ3n) is 3.84. The molecule has 1 aromatic carbocycles. The lowest BCUT2D eigenvalue weighted by atomic mass is 9.98. The lowest BCUT2D eigenvalue weighted by molar-refractivity contribution is -0.147. The average molecular weight is 295 g/mol. The summed E-state index contributed by atoms with van der Waals surface area (Å²) in [6.45, 7) is 1.02. The molecule has 0 bridgehead atoms. The van der Waals surface area contributed by atoms with Gasteiger partial charge in [0.2, 0.25) is 0 Å². The molecule has 6 nitrogen and oxygen atoms in total. The molecular formula is C15H21NO5. The highest BCUT2D eigenvalue weighted by Gasteiger charge is 2.32. The number of aliphatic hydroxyl groups excluding tert-OH is 1. The van der Waals surface area contributed by atoms with Crippen LogP contribution in [0.25, 0.3) is 0 Å². The zero-order valence-electron chi connectivity index (χ0n) is 12.3. The molecule has 21 heavy (non-hydrogen) atoms. The maximum absolute atomic E-state index is 11.4. The Labute approximate surface area is 123 Å². The van der Waals surface area contributed by atoms with Crippen molar-refractivity contribution < 1.29 is 24.5 Å². The average Bonchev–Trinajstić information content (AvgIpc) is 2.49. The predicted octanol–water partition coefficient (Wildman–Crippen LogP) is 1.11. The van der Waals surface area contributed by atoms with Gasteiger partial charge in [0, 0.05) is 24.7 Å². The first-order chi connectivity index (χ1) is 10.0. The van der Waals surface area contributed by atoms with Crippen molar-refractivity contribution in [2.24, 2.45) is 0 Å². The maximum atomic E-state index is 11.4. The van der Waals surface area contributed by atoms with E-state index in [2.05, 4.69) is 0 Å². The quantitative estimate of drug-likeness (QED) is 0.847. The zero-order chi connectivity index (χ0) is 15.4. The Morgan fingerprint density at radius 1 is 1.38 bits per heavy atom. The van der Waals surface area contributed by atoms with Crippen LogP contribution in [-0.2, 0) is 11.3 Å². The molecule has 1 fully saturated rings. The fourth-order valence-corrected chi connectivity index (χ4v) is 2.64. The second-order valence-electron chi connectivity index (χ2n) is 5.18. The van der Waals surface area contributed by atoms with Gasteiger partial charge in [-0.15, -0.1) is 0 Å². The molecule has 1 saturated heterocycles. The summed E-state index contributed by atoms with van der Waals surface area (Å²) >= 11 is 0. The summed E-state index contributed by atoms with van der Waals surface area (Å²) in [4.78, 5) is 13.2. The molecule has 0 amide bonds. The Morgan fingerprint density at radius 3 is 2.76 bits per heavy atom. The Kier molecular flexibility index (Phi) is 5.03. The fourth-order valence-electron chi connectivity index (χ4n) is 2.64. The van der Waals surface area contributed by atoms with Crippen molar-refractivity contribution in [3.63, 3.8) is 0 Å². The highest BCUT2D eigenvalue weighted by Crippen LogP contribution is 2.28. The van der Waals surface area contributed by atoms with E-state index in [-0.39, 0.29) is 6.42 Å². The molecule has 6 heteroatoms. The molecule has 2 atom stereocenters. The van der Waals surface area contributed by atoms with Gasteiger partial charge in [-0.2, -0.15) is 0 Å². The smallest absolute Gasteiger partial charge is 0.321 e. The lowest BCUT2D eigenvalue weighted by Crippen LogP contribution is -2.48. The molecule has 0 unspecified atom stereocenters. The summed E-state index contributed by atoms with van der Waals surface area (Å²) in [5.41, 5.74) is 0.904. The van der Waals surface area contributed by atoms with Crippen molar-refractivity contribution in [1.82, 2.24) is 4.90 Å². The minimum Gasteiger partial charge on any atom is -0.497 e. The van der Waals surface area contributed by atoms with Crippen LogP contribution in [0.2, 0.25) is 0 Å². The van der Waals surface area contributed by atoms with Gasteiger partial charge in [0.1, 0.15) is 17.5 Å². The molecule has 1 heterocycles. The summed E-state index contributed by atoms with van der Waals surface area (Å²) in [6, 6.07) is 4.82. The van der Waals surface area contributed by atoms with Crippen LogP contribution in [0, 0.1) is 0 Å². The van der Waals surface area contributed by atoms with E-state index >= 15 is 0 Å². The first kappa shape index (κ1) is 15.6. The second-order valence-corrected chi connectivity index (χ2v) is 5.18. The summed E-state index contributed by atoms with van der Waals surface area (Å²) in [7, 11) is 3.16. The highest BCUT2D eigenvalue weighted by molar-refractivity contribution is 5.73. The van der Waals surface area contributed by atoms with Crippen molar-refractivity contribution >= 4 is 5.97 Å². The van der Waals surface area contributed by atoms with E-state index in [9.17, 15) is 15.0 Å². The molecule has 116 valence electrons. The molecule has 1 aliphatic heterocycles. The second kappa shape index (κ2) is 6.78. The molecule has 0 aliphatic carbocycles. The normalized spacial score (nSPS) is 22.8. The van der Waals surface area contributed by atoms with E-state index in [4.69, 9.17) is 9.47 Å². The van der Waals surface area contributed by atoms with Crippen molar-refractivity contribution in [2.45, 2.75) is 31.5 Å². The summed E-state index contributed by atoms with van der Waals surface area (Å²) < 4.78 is 10.5. The number of hydrogen-bond donors (Lipinski definition) is 2. The number of ether oxygens (including phenoxy) is 2. The largest absolute Gasteiger partial charge is 0.497 e. The van der Waals surface area contributed by atoms with Gasteiger partial charge in [-0.3, -0.25) is 9.69 Å². The van der Waals surface area contributed by atoms with Crippen LogP contribution in [0.1, 0.15) is 18.4 Å². The van der Waals surface area contributed by atoms with Gasteiger partial charge >= 0.3 is 5.97 Å². The minimum absolute atomic E-state index is 0.258. The predicted molar refractivity (Wildman–Crippen MR) is 76.6 cm³/mol. The zero-order valence-corrected chi connectivity index (χ0v) is 12.3. The van der Waals surface area contributed by atoms with Gasteiger partial charge in [-0.1, -0.05) is 6.07 Å². The number of benzene rings is 1. The summed E-state index contributed by atoms with van der Waals surface area (Å²) in [5, 5.41) is 19.0. The third kappa shape index (κ3) is 3.65. The number of carboxylic acid groups (broad SMARTS) is 1. The van der Waals surface area contributed by atoms with Gasteiger partial charge in [0.15, 0.2) is 0 Å². The van der Waals surface area contributed by atoms with Crippen molar-refractivity contribution in [2.75, 3.05) is 20.8 Å². The molecular weight excluding hydrogens is 274 g/mol. The Morgan fingerprint density at radius 2 is 2.14 bits per heavy atom. The van der Waals surface area contributed by atoms with Crippen LogP contribution in [-0.4, -0.2) is 54.0 Å². The SMILES string of the molecule is COc1ccc(CN2CC[C@@H](O)C[C@H]2C(=O)O)c(OC)c1. The monoisotopic (exact) mass is 295 g/mol. The van der Waals surface area contributed by atoms with Crippen molar-refractivity contribution in [1.29, 1.82) is 0 Å². The number of aliphatic carboxylic acids is 1. The molecule has 2 N–H and O–H groups in total. The molecule has 0 radical (unpaired) electrons. The first-order valence-electron chi connectivity index (χ1n) is 6.91. The number of rotatable bonds is 5. The Hall–Kier alpha value is -1.79. The van der Waals surface area contributed by atoms with E-state index in [0.717, 1.165) is 5.56 Å². The van der Waals surface area contributed by atoms with Gasteiger partial charge in [0.05, 0.1) is 20.3 Å². The van der Waals surface area contributed by atoms with Crippen LogP contribution in [0.4, 0.5) is 0 Å². The highest BCUT2D eigenvalue weighted by atomic mass is 16.5. The topological polar surface area (TPSA) is 79.2 Å². The van der Waals surface area contributed by atoms with Crippen LogP contribution >= 0.6 is 0 Å². The number of carboxylic acids is 1. The number of aliphatic hydroxyl groups is 1. The van der Waals surface area contributed by atoms with Crippen LogP contribution in [0.15, 0.2) is 18.2 Å². The Balaban J connectivity index is 2.17. The number of piperidine rings is 1. The number of carbonyl (C=O) groups is 1. The van der Waals surface area contributed by atoms with Gasteiger partial charge in [-0.05, 0) is 18.9 Å². The van der Waals surface area contributed by atoms with E-state index in [1.807, 2.05) is 17.0 Å². The summed E-state index contributed by atoms with van der Waals surface area (Å²) in [5.74, 6) is 0.463. The van der Waals surface area contributed by atoms with E-state index in [1.54, 1.807) is 20.3 Å². The molecule has 0 spiro atoms. The van der Waals surface area contributed by atoms with Crippen LogP contribution < -0.4 is 9.47 Å². The molecule has 2 rings (SSSR count). The molecule has 0 aromatic heterocycles. The van der Waals surface area contributed by atoms with Crippen LogP contribution in [0.5, 0.6) is 11.5 Å². The number of hydrogen-bond acceptors (Lipinski definition) is 5. The van der Waals surface area contributed by atoms with Gasteiger partial charge in [0.25, 0.3) is 0 Å². The Bertz CT molecular complexity index is 505. The molecule has 1 aliphatic rings. The van der Waals surface area contributed by atoms with E-state index < -0.39 is 18.1 Å². The number of likely N-dealkylation sites (tertiary alicyclic amines) is 1. The minimum atomic E-state index is -0.902. The van der Waals surface area contributed by atoms with E-state index in [1.165, 1.54) is 0 Å². The molecule has 0 saturated carbocycles. The molecule has 1 aromatic rings. The number of methoxy groups -OCH3 is 2. The van der Waals surface area contributed by atoms with Crippen molar-refractivity contribution in [3.05, 3.63) is 23.8 Å². The number of nitrogens with zero attached hydrogens (tertiary/aromatic N) is 1. The summed E-state index contributed by atoms with van der Waals surface area (Å²) in [6.07, 6.45) is 0.302. The fraction of sp³-hybridized carbons (Fsp3) is 0.533. The van der Waals surface area contributed by atoms with Crippen LogP contribution in [0.3, 0.4) is 0 Å². The van der Waals surface area contributed by atoms with Crippen molar-refractivity contribution in [3.8, 4) is 11.5 Å². The third-order valence-corrected chi connectivity index (χ3v) is 3.84. The first-order valence-corrected chi connectivity index (χ1v) is 6.91. The van der Waals surface area contributed by atoms with Gasteiger partial charge < -0.3 is 19.7 Å². The lowest BCUT2D eigenvalue weighted by Gasteiger charge is -2.35. The maximum Gasteiger partial charge on any atom is 0.321 e.